The Morgan fingerprint density at radius 1 is 0.938 bits per heavy atom. The monoisotopic (exact) mass is 276 g/mol. The van der Waals surface area contributed by atoms with Gasteiger partial charge in [0.15, 0.2) is 0 Å². The number of benzene rings is 1. The van der Waals surface area contributed by atoms with Crippen LogP contribution in [-0.4, -0.2) is 25.9 Å². The molecule has 1 aromatic rings. The molecule has 0 fully saturated rings. The van der Waals surface area contributed by atoms with Gasteiger partial charge < -0.3 is 1.43 Å². The van der Waals surface area contributed by atoms with E-state index in [9.17, 15) is 16.8 Å². The molecular weight excluding hydrogens is 267 g/mol. The molecule has 0 bridgehead atoms. The Labute approximate surface area is 117 Å². The summed E-state index contributed by atoms with van der Waals surface area (Å²) in [6.07, 6.45) is 0. The zero-order chi connectivity index (χ0) is 11.7. The van der Waals surface area contributed by atoms with Gasteiger partial charge in [-0.2, -0.15) is 16.8 Å². The van der Waals surface area contributed by atoms with E-state index in [1.165, 1.54) is 30.3 Å². The molecule has 0 spiro atoms. The second kappa shape index (κ2) is 5.58. The van der Waals surface area contributed by atoms with E-state index >= 15 is 0 Å². The molecule has 16 heavy (non-hydrogen) atoms. The van der Waals surface area contributed by atoms with Crippen molar-refractivity contribution in [3.05, 3.63) is 35.9 Å². The molecule has 6 nitrogen and oxygen atoms in total. The van der Waals surface area contributed by atoms with Crippen molar-refractivity contribution in [1.82, 2.24) is 0 Å². The van der Waals surface area contributed by atoms with Crippen molar-refractivity contribution in [2.45, 2.75) is 4.58 Å². The van der Waals surface area contributed by atoms with Crippen LogP contribution in [0.5, 0.6) is 0 Å². The Hall–Kier alpha value is 0.0400. The Morgan fingerprint density at radius 3 is 1.62 bits per heavy atom. The van der Waals surface area contributed by atoms with Crippen LogP contribution in [0.3, 0.4) is 0 Å². The number of hydrogen-bond donors (Lipinski definition) is 2. The molecule has 1 aromatic carbocycles. The van der Waals surface area contributed by atoms with E-state index in [0.29, 0.717) is 0 Å². The minimum Gasteiger partial charge on any atom is -1.00 e. The van der Waals surface area contributed by atoms with Crippen LogP contribution in [0.15, 0.2) is 30.3 Å². The van der Waals surface area contributed by atoms with Gasteiger partial charge in [-0.05, 0) is 5.56 Å². The largest absolute Gasteiger partial charge is 1.00 e. The fraction of sp³-hybridized carbons (Fsp3) is 0.143. The second-order valence-corrected chi connectivity index (χ2v) is 6.07. The fourth-order valence-corrected chi connectivity index (χ4v) is 3.34. The summed E-state index contributed by atoms with van der Waals surface area (Å²) in [7, 11) is -9.83. The first-order valence-corrected chi connectivity index (χ1v) is 6.71. The van der Waals surface area contributed by atoms with Crippen LogP contribution in [-0.2, 0) is 20.2 Å². The zero-order valence-electron chi connectivity index (χ0n) is 9.31. The van der Waals surface area contributed by atoms with Gasteiger partial charge >= 0.3 is 29.6 Å². The predicted molar refractivity (Wildman–Crippen MR) is 53.4 cm³/mol. The summed E-state index contributed by atoms with van der Waals surface area (Å²) < 4.78 is 58.2. The third-order valence-electron chi connectivity index (χ3n) is 1.61. The van der Waals surface area contributed by atoms with Crippen LogP contribution in [0.1, 0.15) is 11.6 Å². The predicted octanol–water partition coefficient (Wildman–Crippen LogP) is -2.42. The molecular formula is C7H9NaO6S2. The third-order valence-corrected chi connectivity index (χ3v) is 4.70. The fourth-order valence-electron chi connectivity index (χ4n) is 1.11. The van der Waals surface area contributed by atoms with E-state index in [-0.39, 0.29) is 36.5 Å². The maximum atomic E-state index is 10.8. The SMILES string of the molecule is O=S(=O)(O)C(c1ccccc1)S(=O)(=O)O.[H-].[Na+]. The van der Waals surface area contributed by atoms with Crippen molar-refractivity contribution >= 4 is 20.2 Å². The molecule has 0 aliphatic carbocycles. The average Bonchev–Trinajstić information content (AvgIpc) is 2.00. The summed E-state index contributed by atoms with van der Waals surface area (Å²) in [6, 6.07) is 6.66. The summed E-state index contributed by atoms with van der Waals surface area (Å²) in [5, 5.41) is 0. The summed E-state index contributed by atoms with van der Waals surface area (Å²) in [5.74, 6) is 0. The van der Waals surface area contributed by atoms with Crippen LogP contribution < -0.4 is 29.6 Å². The van der Waals surface area contributed by atoms with E-state index in [0.717, 1.165) is 0 Å². The third kappa shape index (κ3) is 4.13. The van der Waals surface area contributed by atoms with Gasteiger partial charge in [0, 0.05) is 0 Å². The Kier molecular flexibility index (Phi) is 5.60. The normalized spacial score (nSPS) is 12.2. The minimum atomic E-state index is -4.91. The van der Waals surface area contributed by atoms with Crippen LogP contribution in [0.25, 0.3) is 0 Å². The molecule has 9 heteroatoms. The summed E-state index contributed by atoms with van der Waals surface area (Å²) in [4.78, 5) is 0. The smallest absolute Gasteiger partial charge is 1.00 e. The molecule has 86 valence electrons. The maximum Gasteiger partial charge on any atom is 1.00 e. The molecule has 0 heterocycles. The van der Waals surface area contributed by atoms with Gasteiger partial charge in [0.2, 0.25) is 4.58 Å². The number of hydrogen-bond acceptors (Lipinski definition) is 4. The van der Waals surface area contributed by atoms with E-state index < -0.39 is 24.8 Å². The van der Waals surface area contributed by atoms with Gasteiger partial charge in [0.05, 0.1) is 0 Å². The zero-order valence-corrected chi connectivity index (χ0v) is 11.9. The van der Waals surface area contributed by atoms with Gasteiger partial charge in [-0.3, -0.25) is 9.11 Å². The van der Waals surface area contributed by atoms with E-state index in [4.69, 9.17) is 9.11 Å². The second-order valence-electron chi connectivity index (χ2n) is 2.77. The van der Waals surface area contributed by atoms with Crippen molar-refractivity contribution < 1.29 is 56.9 Å². The first-order chi connectivity index (χ1) is 6.73. The molecule has 0 saturated heterocycles. The van der Waals surface area contributed by atoms with Gasteiger partial charge in [0.25, 0.3) is 20.2 Å². The quantitative estimate of drug-likeness (QED) is 0.469. The molecule has 1 rings (SSSR count). The summed E-state index contributed by atoms with van der Waals surface area (Å²) in [5.41, 5.74) is -0.220. The Morgan fingerprint density at radius 2 is 1.31 bits per heavy atom. The average molecular weight is 276 g/mol. The molecule has 0 aromatic heterocycles. The van der Waals surface area contributed by atoms with Crippen molar-refractivity contribution in [3.63, 3.8) is 0 Å². The van der Waals surface area contributed by atoms with Gasteiger partial charge in [-0.1, -0.05) is 30.3 Å². The van der Waals surface area contributed by atoms with Crippen LogP contribution >= 0.6 is 0 Å². The van der Waals surface area contributed by atoms with E-state index in [2.05, 4.69) is 0 Å². The minimum absolute atomic E-state index is 0. The summed E-state index contributed by atoms with van der Waals surface area (Å²) in [6.45, 7) is 0. The molecule has 2 N–H and O–H groups in total. The van der Waals surface area contributed by atoms with Crippen molar-refractivity contribution in [1.29, 1.82) is 0 Å². The molecule has 0 radical (unpaired) electrons. The van der Waals surface area contributed by atoms with Crippen LogP contribution in [0.2, 0.25) is 0 Å². The van der Waals surface area contributed by atoms with Gasteiger partial charge in [-0.15, -0.1) is 0 Å². The molecule has 0 amide bonds. The van der Waals surface area contributed by atoms with Crippen LogP contribution in [0.4, 0.5) is 0 Å². The Bertz CT molecular complexity index is 509. The van der Waals surface area contributed by atoms with Crippen molar-refractivity contribution in [2.24, 2.45) is 0 Å². The Balaban J connectivity index is 0. The number of rotatable bonds is 3. The van der Waals surface area contributed by atoms with Gasteiger partial charge in [0.1, 0.15) is 0 Å². The maximum absolute atomic E-state index is 10.8. The van der Waals surface area contributed by atoms with Crippen molar-refractivity contribution in [2.75, 3.05) is 0 Å². The van der Waals surface area contributed by atoms with Gasteiger partial charge in [-0.25, -0.2) is 0 Å². The summed E-state index contributed by atoms with van der Waals surface area (Å²) >= 11 is 0. The molecule has 0 aliphatic heterocycles. The topological polar surface area (TPSA) is 109 Å². The molecule has 0 saturated carbocycles. The first kappa shape index (κ1) is 16.0. The molecule has 0 unspecified atom stereocenters. The first-order valence-electron chi connectivity index (χ1n) is 3.70. The molecule has 0 aliphatic rings. The van der Waals surface area contributed by atoms with E-state index in [1.807, 2.05) is 0 Å². The standard InChI is InChI=1S/C7H8O6S2.Na.H/c8-14(9,10)7(15(11,12)13)6-4-2-1-3-5-6;;/h1-5,7H,(H,8,9,10)(H,11,12,13);;/q;+1;-1. The molecule has 0 atom stereocenters. The van der Waals surface area contributed by atoms with Crippen LogP contribution in [0, 0.1) is 0 Å². The van der Waals surface area contributed by atoms with E-state index in [1.54, 1.807) is 0 Å². The van der Waals surface area contributed by atoms with Crippen molar-refractivity contribution in [3.8, 4) is 0 Å².